The fourth-order valence-electron chi connectivity index (χ4n) is 2.94. The van der Waals surface area contributed by atoms with Gasteiger partial charge >= 0.3 is 0 Å². The second kappa shape index (κ2) is 7.82. The molecular weight excluding hydrogens is 282 g/mol. The van der Waals surface area contributed by atoms with Crippen LogP contribution in [0.1, 0.15) is 29.9 Å². The normalized spacial score (nSPS) is 20.1. The second-order valence-corrected chi connectivity index (χ2v) is 6.09. The molecule has 0 saturated heterocycles. The average Bonchev–Trinajstić information content (AvgIpc) is 3.38. The molecule has 2 aromatic carbocycles. The molecule has 3 heteroatoms. The van der Waals surface area contributed by atoms with Gasteiger partial charge in [0.05, 0.1) is 0 Å². The summed E-state index contributed by atoms with van der Waals surface area (Å²) in [6.45, 7) is 0.942. The van der Waals surface area contributed by atoms with Gasteiger partial charge in [-0.25, -0.2) is 0 Å². The molecule has 1 aliphatic rings. The van der Waals surface area contributed by atoms with Crippen LogP contribution in [0.15, 0.2) is 65.7 Å². The van der Waals surface area contributed by atoms with Crippen molar-refractivity contribution >= 4 is 5.96 Å². The van der Waals surface area contributed by atoms with E-state index in [0.29, 0.717) is 12.0 Å². The molecule has 2 atom stereocenters. The minimum atomic E-state index is 0.512. The van der Waals surface area contributed by atoms with Gasteiger partial charge in [0.1, 0.15) is 0 Å². The van der Waals surface area contributed by atoms with E-state index in [4.69, 9.17) is 0 Å². The molecule has 1 saturated carbocycles. The van der Waals surface area contributed by atoms with Gasteiger partial charge in [-0.2, -0.15) is 0 Å². The van der Waals surface area contributed by atoms with E-state index in [9.17, 15) is 0 Å². The maximum absolute atomic E-state index is 4.34. The summed E-state index contributed by atoms with van der Waals surface area (Å²) in [5.74, 6) is 1.54. The quantitative estimate of drug-likeness (QED) is 0.488. The monoisotopic (exact) mass is 307 g/mol. The fourth-order valence-corrected chi connectivity index (χ4v) is 2.94. The maximum atomic E-state index is 4.34. The van der Waals surface area contributed by atoms with Gasteiger partial charge in [-0.3, -0.25) is 4.99 Å². The summed E-state index contributed by atoms with van der Waals surface area (Å²) >= 11 is 0. The van der Waals surface area contributed by atoms with Crippen molar-refractivity contribution in [3.8, 4) is 0 Å². The molecule has 3 rings (SSSR count). The van der Waals surface area contributed by atoms with Crippen molar-refractivity contribution in [1.29, 1.82) is 0 Å². The van der Waals surface area contributed by atoms with Crippen molar-refractivity contribution < 1.29 is 0 Å². The van der Waals surface area contributed by atoms with Gasteiger partial charge in [0.15, 0.2) is 5.96 Å². The second-order valence-electron chi connectivity index (χ2n) is 6.09. The molecule has 0 amide bonds. The zero-order chi connectivity index (χ0) is 15.9. The number of guanidine groups is 1. The van der Waals surface area contributed by atoms with Crippen molar-refractivity contribution in [2.45, 2.75) is 31.2 Å². The van der Waals surface area contributed by atoms with Crippen molar-refractivity contribution in [2.75, 3.05) is 13.6 Å². The zero-order valence-corrected chi connectivity index (χ0v) is 13.7. The van der Waals surface area contributed by atoms with Gasteiger partial charge in [-0.1, -0.05) is 60.7 Å². The van der Waals surface area contributed by atoms with Crippen LogP contribution in [0.5, 0.6) is 0 Å². The Kier molecular flexibility index (Phi) is 5.30. The Labute approximate surface area is 138 Å². The first-order valence-electron chi connectivity index (χ1n) is 8.43. The Hall–Kier alpha value is -2.29. The summed E-state index contributed by atoms with van der Waals surface area (Å²) in [6, 6.07) is 21.9. The predicted molar refractivity (Wildman–Crippen MR) is 96.8 cm³/mol. The van der Waals surface area contributed by atoms with Gasteiger partial charge in [-0.05, 0) is 30.4 Å². The smallest absolute Gasteiger partial charge is 0.191 e. The molecule has 2 N–H and O–H groups in total. The number of nitrogens with zero attached hydrogens (tertiary/aromatic N) is 1. The standard InChI is InChI=1S/C20H25N3/c1-21-20(22-14-8-11-16-9-4-2-5-10-16)23-19-15-18(19)17-12-6-3-7-13-17/h2-7,9-10,12-13,18-19H,8,11,14-15H2,1H3,(H2,21,22,23). The van der Waals surface area contributed by atoms with E-state index in [1.165, 1.54) is 17.5 Å². The molecule has 0 heterocycles. The minimum Gasteiger partial charge on any atom is -0.356 e. The Morgan fingerprint density at radius 2 is 1.74 bits per heavy atom. The minimum absolute atomic E-state index is 0.512. The molecule has 0 aliphatic heterocycles. The molecule has 23 heavy (non-hydrogen) atoms. The molecule has 0 aromatic heterocycles. The number of aryl methyl sites for hydroxylation is 1. The summed E-state index contributed by atoms with van der Waals surface area (Å²) in [7, 11) is 1.84. The number of hydrogen-bond donors (Lipinski definition) is 2. The SMILES string of the molecule is CN=C(NCCCc1ccccc1)NC1CC1c1ccccc1. The highest BCUT2D eigenvalue weighted by Gasteiger charge is 2.38. The van der Waals surface area contributed by atoms with Crippen molar-refractivity contribution in [3.63, 3.8) is 0 Å². The fraction of sp³-hybridized carbons (Fsp3) is 0.350. The molecule has 1 aliphatic carbocycles. The van der Waals surface area contributed by atoms with Gasteiger partial charge in [-0.15, -0.1) is 0 Å². The zero-order valence-electron chi connectivity index (χ0n) is 13.7. The van der Waals surface area contributed by atoms with Crippen molar-refractivity contribution in [3.05, 3.63) is 71.8 Å². The van der Waals surface area contributed by atoms with Crippen LogP contribution in [0.2, 0.25) is 0 Å². The third-order valence-corrected chi connectivity index (χ3v) is 4.34. The van der Waals surface area contributed by atoms with E-state index in [1.807, 2.05) is 7.05 Å². The molecule has 2 unspecified atom stereocenters. The van der Waals surface area contributed by atoms with E-state index in [0.717, 1.165) is 25.3 Å². The van der Waals surface area contributed by atoms with E-state index in [1.54, 1.807) is 0 Å². The number of hydrogen-bond acceptors (Lipinski definition) is 1. The molecule has 0 spiro atoms. The van der Waals surface area contributed by atoms with E-state index in [2.05, 4.69) is 76.3 Å². The largest absolute Gasteiger partial charge is 0.356 e. The summed E-state index contributed by atoms with van der Waals surface area (Å²) in [6.07, 6.45) is 3.40. The molecule has 120 valence electrons. The highest BCUT2D eigenvalue weighted by atomic mass is 15.2. The summed E-state index contributed by atoms with van der Waals surface area (Å²) in [5.41, 5.74) is 2.81. The summed E-state index contributed by atoms with van der Waals surface area (Å²) in [4.78, 5) is 4.34. The maximum Gasteiger partial charge on any atom is 0.191 e. The van der Waals surface area contributed by atoms with Crippen LogP contribution in [0.4, 0.5) is 0 Å². The molecule has 0 radical (unpaired) electrons. The first-order valence-corrected chi connectivity index (χ1v) is 8.43. The number of benzene rings is 2. The van der Waals surface area contributed by atoms with Crippen LogP contribution in [0.25, 0.3) is 0 Å². The summed E-state index contributed by atoms with van der Waals surface area (Å²) in [5, 5.41) is 6.95. The Morgan fingerprint density at radius 3 is 2.43 bits per heavy atom. The van der Waals surface area contributed by atoms with Crippen LogP contribution in [0.3, 0.4) is 0 Å². The lowest BCUT2D eigenvalue weighted by atomic mass is 10.1. The number of nitrogens with one attached hydrogen (secondary N) is 2. The van der Waals surface area contributed by atoms with Crippen LogP contribution < -0.4 is 10.6 Å². The number of aliphatic imine (C=N–C) groups is 1. The van der Waals surface area contributed by atoms with Gasteiger partial charge in [0.25, 0.3) is 0 Å². The van der Waals surface area contributed by atoms with Crippen LogP contribution in [-0.2, 0) is 6.42 Å². The van der Waals surface area contributed by atoms with Gasteiger partial charge in [0.2, 0.25) is 0 Å². The third kappa shape index (κ3) is 4.59. The molecular formula is C20H25N3. The highest BCUT2D eigenvalue weighted by Crippen LogP contribution is 2.40. The van der Waals surface area contributed by atoms with Crippen LogP contribution >= 0.6 is 0 Å². The lowest BCUT2D eigenvalue weighted by Crippen LogP contribution is -2.39. The molecule has 0 bridgehead atoms. The van der Waals surface area contributed by atoms with Crippen LogP contribution in [-0.4, -0.2) is 25.6 Å². The Morgan fingerprint density at radius 1 is 1.04 bits per heavy atom. The first kappa shape index (κ1) is 15.6. The highest BCUT2D eigenvalue weighted by molar-refractivity contribution is 5.80. The molecule has 2 aromatic rings. The first-order chi connectivity index (χ1) is 11.4. The number of rotatable bonds is 6. The summed E-state index contributed by atoms with van der Waals surface area (Å²) < 4.78 is 0. The van der Waals surface area contributed by atoms with E-state index < -0.39 is 0 Å². The van der Waals surface area contributed by atoms with Crippen LogP contribution in [0, 0.1) is 0 Å². The average molecular weight is 307 g/mol. The van der Waals surface area contributed by atoms with Gasteiger partial charge in [0, 0.05) is 25.6 Å². The lowest BCUT2D eigenvalue weighted by Gasteiger charge is -2.12. The van der Waals surface area contributed by atoms with Gasteiger partial charge < -0.3 is 10.6 Å². The van der Waals surface area contributed by atoms with E-state index in [-0.39, 0.29) is 0 Å². The lowest BCUT2D eigenvalue weighted by molar-refractivity contribution is 0.736. The molecule has 1 fully saturated rings. The van der Waals surface area contributed by atoms with E-state index >= 15 is 0 Å². The van der Waals surface area contributed by atoms with Crippen molar-refractivity contribution in [2.24, 2.45) is 4.99 Å². The third-order valence-electron chi connectivity index (χ3n) is 4.34. The predicted octanol–water partition coefficient (Wildman–Crippen LogP) is 3.34. The Balaban J connectivity index is 1.38. The van der Waals surface area contributed by atoms with Crippen molar-refractivity contribution in [1.82, 2.24) is 10.6 Å². The topological polar surface area (TPSA) is 36.4 Å². The molecule has 3 nitrogen and oxygen atoms in total. The Bertz CT molecular complexity index is 622.